The predicted octanol–water partition coefficient (Wildman–Crippen LogP) is 3.12. The maximum Gasteiger partial charge on any atom is 0.312 e. The molecular formula is C23H24N2O5. The molecule has 0 aliphatic carbocycles. The fourth-order valence-corrected chi connectivity index (χ4v) is 3.30. The minimum Gasteiger partial charge on any atom is -0.452 e. The Balaban J connectivity index is 1.60. The largest absolute Gasteiger partial charge is 0.452 e. The number of benzene rings is 2. The van der Waals surface area contributed by atoms with E-state index in [1.807, 2.05) is 31.2 Å². The van der Waals surface area contributed by atoms with Gasteiger partial charge in [-0.25, -0.2) is 0 Å². The van der Waals surface area contributed by atoms with E-state index in [0.29, 0.717) is 11.3 Å². The molecule has 1 fully saturated rings. The van der Waals surface area contributed by atoms with Crippen LogP contribution in [0.25, 0.3) is 0 Å². The molecule has 7 heteroatoms. The lowest BCUT2D eigenvalue weighted by molar-refractivity contribution is -0.157. The van der Waals surface area contributed by atoms with E-state index < -0.39 is 23.9 Å². The van der Waals surface area contributed by atoms with Crippen molar-refractivity contribution in [2.45, 2.75) is 33.3 Å². The number of amides is 2. The zero-order chi connectivity index (χ0) is 21.8. The Hall–Kier alpha value is -3.48. The maximum absolute atomic E-state index is 12.5. The average molecular weight is 408 g/mol. The molecule has 2 amide bonds. The second-order valence-electron chi connectivity index (χ2n) is 7.41. The highest BCUT2D eigenvalue weighted by molar-refractivity contribution is 6.05. The number of carbonyl (C=O) groups excluding carboxylic acids is 4. The third-order valence-corrected chi connectivity index (χ3v) is 5.03. The third kappa shape index (κ3) is 4.74. The van der Waals surface area contributed by atoms with Gasteiger partial charge in [0.05, 0.1) is 11.6 Å². The van der Waals surface area contributed by atoms with Crippen LogP contribution >= 0.6 is 0 Å². The minimum absolute atomic E-state index is 0.0359. The van der Waals surface area contributed by atoms with Gasteiger partial charge in [0, 0.05) is 24.2 Å². The molecule has 0 aromatic heterocycles. The smallest absolute Gasteiger partial charge is 0.312 e. The summed E-state index contributed by atoms with van der Waals surface area (Å²) in [6.07, 6.45) is -1.03. The van der Waals surface area contributed by atoms with E-state index in [9.17, 15) is 19.2 Å². The fraction of sp³-hybridized carbons (Fsp3) is 0.304. The normalized spacial score (nSPS) is 16.8. The Bertz CT molecular complexity index is 983. The van der Waals surface area contributed by atoms with E-state index in [1.165, 1.54) is 13.8 Å². The van der Waals surface area contributed by atoms with Crippen LogP contribution in [0.4, 0.5) is 11.4 Å². The van der Waals surface area contributed by atoms with Gasteiger partial charge < -0.3 is 15.0 Å². The summed E-state index contributed by atoms with van der Waals surface area (Å²) >= 11 is 0. The molecule has 1 aliphatic rings. The SMILES string of the molecule is CC(=O)c1ccccc1NC(=O)[C@@H](C)OC(=O)[C@@H]1CC(=O)N(c2ccc(C)cc2)C1. The highest BCUT2D eigenvalue weighted by Gasteiger charge is 2.37. The van der Waals surface area contributed by atoms with Gasteiger partial charge in [0.25, 0.3) is 5.91 Å². The number of anilines is 2. The van der Waals surface area contributed by atoms with E-state index in [-0.39, 0.29) is 24.7 Å². The van der Waals surface area contributed by atoms with Crippen molar-refractivity contribution in [3.63, 3.8) is 0 Å². The van der Waals surface area contributed by atoms with E-state index in [2.05, 4.69) is 5.32 Å². The van der Waals surface area contributed by atoms with E-state index in [0.717, 1.165) is 11.3 Å². The fourth-order valence-electron chi connectivity index (χ4n) is 3.30. The topological polar surface area (TPSA) is 92.8 Å². The number of ether oxygens (including phenoxy) is 1. The minimum atomic E-state index is -1.07. The first kappa shape index (κ1) is 21.2. The highest BCUT2D eigenvalue weighted by Crippen LogP contribution is 2.26. The molecule has 2 aromatic carbocycles. The monoisotopic (exact) mass is 408 g/mol. The molecule has 30 heavy (non-hydrogen) atoms. The number of rotatable bonds is 6. The van der Waals surface area contributed by atoms with Crippen LogP contribution in [0.2, 0.25) is 0 Å². The van der Waals surface area contributed by atoms with Gasteiger partial charge in [-0.1, -0.05) is 29.8 Å². The average Bonchev–Trinajstić information content (AvgIpc) is 3.10. The van der Waals surface area contributed by atoms with Crippen molar-refractivity contribution in [2.24, 2.45) is 5.92 Å². The van der Waals surface area contributed by atoms with Gasteiger partial charge in [-0.2, -0.15) is 0 Å². The number of Topliss-reactive ketones (excluding diaryl/α,β-unsaturated/α-hetero) is 1. The Morgan fingerprint density at radius 1 is 1.10 bits per heavy atom. The molecule has 1 aliphatic heterocycles. The molecule has 0 radical (unpaired) electrons. The van der Waals surface area contributed by atoms with Crippen molar-refractivity contribution in [1.82, 2.24) is 0 Å². The van der Waals surface area contributed by atoms with Gasteiger partial charge in [-0.15, -0.1) is 0 Å². The number of hydrogen-bond acceptors (Lipinski definition) is 5. The Kier molecular flexibility index (Phi) is 6.30. The summed E-state index contributed by atoms with van der Waals surface area (Å²) in [6.45, 7) is 5.03. The van der Waals surface area contributed by atoms with Crippen LogP contribution in [0.15, 0.2) is 48.5 Å². The molecule has 0 bridgehead atoms. The van der Waals surface area contributed by atoms with Crippen molar-refractivity contribution >= 4 is 34.9 Å². The number of nitrogens with zero attached hydrogens (tertiary/aromatic N) is 1. The predicted molar refractivity (Wildman–Crippen MR) is 112 cm³/mol. The summed E-state index contributed by atoms with van der Waals surface area (Å²) in [5.74, 6) is -2.12. The van der Waals surface area contributed by atoms with Crippen molar-refractivity contribution in [1.29, 1.82) is 0 Å². The first-order valence-corrected chi connectivity index (χ1v) is 9.74. The molecule has 0 saturated carbocycles. The lowest BCUT2D eigenvalue weighted by atomic mass is 10.1. The zero-order valence-corrected chi connectivity index (χ0v) is 17.2. The lowest BCUT2D eigenvalue weighted by Crippen LogP contribution is -2.33. The number of esters is 1. The van der Waals surface area contributed by atoms with Crippen LogP contribution in [-0.2, 0) is 19.1 Å². The van der Waals surface area contributed by atoms with Crippen molar-refractivity contribution < 1.29 is 23.9 Å². The molecule has 1 saturated heterocycles. The number of nitrogens with one attached hydrogen (secondary N) is 1. The third-order valence-electron chi connectivity index (χ3n) is 5.03. The van der Waals surface area contributed by atoms with Crippen molar-refractivity contribution in [3.05, 3.63) is 59.7 Å². The van der Waals surface area contributed by atoms with Gasteiger partial charge in [0.2, 0.25) is 5.91 Å². The molecule has 2 atom stereocenters. The first-order chi connectivity index (χ1) is 14.3. The first-order valence-electron chi connectivity index (χ1n) is 9.74. The molecule has 0 spiro atoms. The lowest BCUT2D eigenvalue weighted by Gasteiger charge is -2.18. The van der Waals surface area contributed by atoms with Gasteiger partial charge >= 0.3 is 5.97 Å². The highest BCUT2D eigenvalue weighted by atomic mass is 16.5. The molecule has 156 valence electrons. The Morgan fingerprint density at radius 3 is 2.43 bits per heavy atom. The number of para-hydroxylation sites is 1. The van der Waals surface area contributed by atoms with Gasteiger partial charge in [-0.3, -0.25) is 19.2 Å². The summed E-state index contributed by atoms with van der Waals surface area (Å²) in [4.78, 5) is 50.6. The van der Waals surface area contributed by atoms with Crippen molar-refractivity contribution in [2.75, 3.05) is 16.8 Å². The summed E-state index contributed by atoms with van der Waals surface area (Å²) in [7, 11) is 0. The summed E-state index contributed by atoms with van der Waals surface area (Å²) in [5, 5.41) is 2.62. The van der Waals surface area contributed by atoms with Crippen LogP contribution in [0.5, 0.6) is 0 Å². The summed E-state index contributed by atoms with van der Waals surface area (Å²) in [6, 6.07) is 14.1. The van der Waals surface area contributed by atoms with Crippen LogP contribution in [0.3, 0.4) is 0 Å². The Labute approximate surface area is 175 Å². The second kappa shape index (κ2) is 8.90. The number of aryl methyl sites for hydroxylation is 1. The van der Waals surface area contributed by atoms with Gasteiger partial charge in [0.15, 0.2) is 11.9 Å². The number of carbonyl (C=O) groups is 4. The molecule has 1 heterocycles. The molecule has 2 aromatic rings. The van der Waals surface area contributed by atoms with Crippen LogP contribution in [0.1, 0.15) is 36.2 Å². The Morgan fingerprint density at radius 2 is 1.77 bits per heavy atom. The van der Waals surface area contributed by atoms with Crippen molar-refractivity contribution in [3.8, 4) is 0 Å². The summed E-state index contributed by atoms with van der Waals surface area (Å²) in [5.41, 5.74) is 2.54. The standard InChI is InChI=1S/C23H24N2O5/c1-14-8-10-18(11-9-14)25-13-17(12-21(25)27)23(29)30-16(3)22(28)24-20-7-5-4-6-19(20)15(2)26/h4-11,16-17H,12-13H2,1-3H3,(H,24,28)/t16-,17-/m1/s1. The second-order valence-corrected chi connectivity index (χ2v) is 7.41. The maximum atomic E-state index is 12.5. The van der Waals surface area contributed by atoms with Crippen LogP contribution < -0.4 is 10.2 Å². The molecule has 1 N–H and O–H groups in total. The molecule has 7 nitrogen and oxygen atoms in total. The molecular weight excluding hydrogens is 384 g/mol. The number of hydrogen-bond donors (Lipinski definition) is 1. The van der Waals surface area contributed by atoms with Gasteiger partial charge in [-0.05, 0) is 45.0 Å². The number of ketones is 1. The molecule has 3 rings (SSSR count). The van der Waals surface area contributed by atoms with E-state index >= 15 is 0 Å². The van der Waals surface area contributed by atoms with E-state index in [4.69, 9.17) is 4.74 Å². The van der Waals surface area contributed by atoms with Crippen LogP contribution in [0, 0.1) is 12.8 Å². The van der Waals surface area contributed by atoms with Gasteiger partial charge in [0.1, 0.15) is 0 Å². The molecule has 0 unspecified atom stereocenters. The quantitative estimate of drug-likeness (QED) is 0.586. The van der Waals surface area contributed by atoms with Crippen LogP contribution in [-0.4, -0.2) is 36.2 Å². The van der Waals surface area contributed by atoms with E-state index in [1.54, 1.807) is 29.2 Å². The zero-order valence-electron chi connectivity index (χ0n) is 17.2. The summed E-state index contributed by atoms with van der Waals surface area (Å²) < 4.78 is 5.31.